The maximum absolute atomic E-state index is 13.5. The van der Waals surface area contributed by atoms with E-state index in [1.54, 1.807) is 31.2 Å². The van der Waals surface area contributed by atoms with E-state index in [-0.39, 0.29) is 53.9 Å². The van der Waals surface area contributed by atoms with Gasteiger partial charge in [0, 0.05) is 29.1 Å². The minimum atomic E-state index is -5.00. The number of benzene rings is 2. The average molecular weight is 965 g/mol. The van der Waals surface area contributed by atoms with Gasteiger partial charge in [0.25, 0.3) is 0 Å². The van der Waals surface area contributed by atoms with Crippen LogP contribution in [0.4, 0.5) is 0 Å². The maximum atomic E-state index is 13.5. The first-order chi connectivity index (χ1) is 32.3. The standard InChI is InChI=1S/C29H33O16P.C20H24O2/c1-11-38-9-20-27(42-11)23(30)24(31)29(43-20)44-25-14-7-17-16(40-10-41-17)6-13(14)21(22-15(25)8-39-28(22)32)12-4-18(36-2)26(19(5-12)37-3)45-46(33,34)35;1-12-10-14-15-4-5-18(22)20(15,3)9-7-16(14)19(2)8-6-13(21)11-17(12)19/h4-7,11,15,20-25,27,29-31H,8-10H2,1-3H3,(H2,33,34,35);6,8,11,14-16H,1,4-5,7,9-10H2,2-3H3/t11-,15+,20-,21-,22+,23-,24-,25-,27-,29+;14-,15-,16-,19+,20-/m10/s1. The fourth-order valence-electron chi connectivity index (χ4n) is 12.9. The Balaban J connectivity index is 0.000000203. The molecule has 18 nitrogen and oxygen atoms in total. The van der Waals surface area contributed by atoms with Crippen LogP contribution in [-0.2, 0) is 42.6 Å². The van der Waals surface area contributed by atoms with Gasteiger partial charge in [-0.2, -0.15) is 0 Å². The van der Waals surface area contributed by atoms with Crippen LogP contribution in [0.1, 0.15) is 81.6 Å². The summed E-state index contributed by atoms with van der Waals surface area (Å²) in [7, 11) is -2.40. The zero-order valence-electron chi connectivity index (χ0n) is 38.4. The van der Waals surface area contributed by atoms with Gasteiger partial charge >= 0.3 is 13.8 Å². The van der Waals surface area contributed by atoms with Crippen LogP contribution in [0.2, 0.25) is 0 Å². The van der Waals surface area contributed by atoms with Crippen molar-refractivity contribution in [2.24, 2.45) is 40.4 Å². The Bertz CT molecular complexity index is 2510. The third-order valence-electron chi connectivity index (χ3n) is 16.2. The molecule has 0 spiro atoms. The number of cyclic esters (lactones) is 1. The Morgan fingerprint density at radius 1 is 0.868 bits per heavy atom. The molecule has 4 aliphatic heterocycles. The van der Waals surface area contributed by atoms with Crippen LogP contribution in [0.5, 0.6) is 28.7 Å². The molecule has 15 atom stereocenters. The zero-order valence-corrected chi connectivity index (χ0v) is 39.3. The average Bonchev–Trinajstić information content (AvgIpc) is 4.01. The number of fused-ring (bicyclic) bond motifs is 9. The van der Waals surface area contributed by atoms with Crippen LogP contribution in [0, 0.1) is 40.4 Å². The predicted molar refractivity (Wildman–Crippen MR) is 235 cm³/mol. The highest BCUT2D eigenvalue weighted by Crippen LogP contribution is 2.65. The molecule has 19 heteroatoms. The van der Waals surface area contributed by atoms with Crippen molar-refractivity contribution in [1.82, 2.24) is 0 Å². The van der Waals surface area contributed by atoms with Crippen molar-refractivity contribution in [2.45, 2.75) is 102 Å². The molecule has 11 rings (SSSR count). The van der Waals surface area contributed by atoms with E-state index in [1.807, 2.05) is 0 Å². The maximum Gasteiger partial charge on any atom is 0.525 e. The van der Waals surface area contributed by atoms with Gasteiger partial charge < -0.3 is 57.4 Å². The SMILES string of the molecule is C=C1C[C@@H]2[C@H](CC[C@]3(C)C(=O)CC[C@@H]23)[C@@]2(C)C=CC(=O)C=C12.COc1cc([C@@H]2c3cc4c(cc3[C@@H](O[C@@H]3O[C@@H]5CO[C@@H](C)O[C@H]5[C@H](O)[C@H]3O)[C@H]3COC(=O)[C@H]23)OCO4)cc(OC)c1OP(=O)(O)O. The molecule has 366 valence electrons. The predicted octanol–water partition coefficient (Wildman–Crippen LogP) is 5.13. The molecule has 0 radical (unpaired) electrons. The minimum absolute atomic E-state index is 0.0303. The second-order valence-electron chi connectivity index (χ2n) is 19.7. The Morgan fingerprint density at radius 2 is 1.57 bits per heavy atom. The largest absolute Gasteiger partial charge is 0.525 e. The lowest BCUT2D eigenvalue weighted by Gasteiger charge is -2.56. The molecule has 5 aliphatic carbocycles. The van der Waals surface area contributed by atoms with E-state index in [0.717, 1.165) is 43.3 Å². The Labute approximate surface area is 392 Å². The summed E-state index contributed by atoms with van der Waals surface area (Å²) in [4.78, 5) is 56.7. The van der Waals surface area contributed by atoms with E-state index in [0.29, 0.717) is 51.7 Å². The first-order valence-corrected chi connectivity index (χ1v) is 24.6. The number of hydrogen-bond donors (Lipinski definition) is 4. The van der Waals surface area contributed by atoms with Gasteiger partial charge in [-0.3, -0.25) is 24.2 Å². The van der Waals surface area contributed by atoms with Crippen molar-refractivity contribution in [2.75, 3.05) is 34.2 Å². The zero-order chi connectivity index (χ0) is 48.2. The van der Waals surface area contributed by atoms with E-state index in [2.05, 4.69) is 26.5 Å². The molecule has 0 bridgehead atoms. The first kappa shape index (κ1) is 47.1. The molecular formula is C49H57O18P. The number of Topliss-reactive ketones (excluding diaryl/α,β-unsaturated/α-hetero) is 1. The number of phosphoric ester groups is 1. The molecule has 9 aliphatic rings. The Kier molecular flexibility index (Phi) is 12.0. The van der Waals surface area contributed by atoms with Crippen molar-refractivity contribution < 1.29 is 86.1 Å². The fraction of sp³-hybridized carbons (Fsp3) is 0.571. The van der Waals surface area contributed by atoms with Gasteiger partial charge in [-0.25, -0.2) is 4.57 Å². The molecule has 6 fully saturated rings. The molecule has 0 unspecified atom stereocenters. The highest BCUT2D eigenvalue weighted by atomic mass is 31.2. The van der Waals surface area contributed by atoms with Gasteiger partial charge in [-0.1, -0.05) is 32.1 Å². The van der Waals surface area contributed by atoms with Gasteiger partial charge in [0.05, 0.1) is 39.5 Å². The quantitative estimate of drug-likeness (QED) is 0.208. The van der Waals surface area contributed by atoms with E-state index in [9.17, 15) is 38.9 Å². The summed E-state index contributed by atoms with van der Waals surface area (Å²) in [6.07, 6.45) is 3.31. The van der Waals surface area contributed by atoms with Gasteiger partial charge in [0.2, 0.25) is 12.5 Å². The van der Waals surface area contributed by atoms with Crippen molar-refractivity contribution >= 4 is 25.4 Å². The summed E-state index contributed by atoms with van der Waals surface area (Å²) in [5, 5.41) is 22.0. The number of esters is 1. The molecule has 2 aromatic carbocycles. The van der Waals surface area contributed by atoms with E-state index >= 15 is 0 Å². The Morgan fingerprint density at radius 3 is 2.26 bits per heavy atom. The number of aliphatic hydroxyl groups is 2. The van der Waals surface area contributed by atoms with Crippen LogP contribution in [0.3, 0.4) is 0 Å². The minimum Gasteiger partial charge on any atom is -0.493 e. The summed E-state index contributed by atoms with van der Waals surface area (Å²) in [6.45, 7) is 10.5. The second kappa shape index (κ2) is 17.4. The smallest absolute Gasteiger partial charge is 0.493 e. The molecule has 68 heavy (non-hydrogen) atoms. The Hall–Kier alpha value is -4.62. The fourth-order valence-corrected chi connectivity index (χ4v) is 13.3. The molecule has 3 saturated carbocycles. The molecule has 0 amide bonds. The van der Waals surface area contributed by atoms with Crippen molar-refractivity contribution in [3.8, 4) is 28.7 Å². The van der Waals surface area contributed by atoms with Crippen molar-refractivity contribution in [3.63, 3.8) is 0 Å². The van der Waals surface area contributed by atoms with Gasteiger partial charge in [0.1, 0.15) is 30.2 Å². The summed E-state index contributed by atoms with van der Waals surface area (Å²) in [6, 6.07) is 6.47. The summed E-state index contributed by atoms with van der Waals surface area (Å²) in [5.41, 5.74) is 3.74. The summed E-state index contributed by atoms with van der Waals surface area (Å²) in [5.74, 6) is -0.112. The van der Waals surface area contributed by atoms with Gasteiger partial charge in [-0.15, -0.1) is 0 Å². The number of phosphoric acid groups is 1. The summed E-state index contributed by atoms with van der Waals surface area (Å²) >= 11 is 0. The molecule has 2 aromatic rings. The number of ether oxygens (including phenoxy) is 9. The van der Waals surface area contributed by atoms with Crippen LogP contribution >= 0.6 is 7.82 Å². The highest BCUT2D eigenvalue weighted by molar-refractivity contribution is 7.46. The monoisotopic (exact) mass is 964 g/mol. The number of allylic oxidation sites excluding steroid dienone is 5. The lowest BCUT2D eigenvalue weighted by molar-refractivity contribution is -0.364. The van der Waals surface area contributed by atoms with E-state index in [4.69, 9.17) is 47.2 Å². The normalized spacial score (nSPS) is 38.6. The summed E-state index contributed by atoms with van der Waals surface area (Å²) < 4.78 is 68.1. The topological polar surface area (TPSA) is 241 Å². The number of hydrogen-bond acceptors (Lipinski definition) is 16. The van der Waals surface area contributed by atoms with Crippen LogP contribution in [-0.4, -0.2) is 109 Å². The molecule has 4 heterocycles. The van der Waals surface area contributed by atoms with E-state index in [1.165, 1.54) is 26.4 Å². The number of carbonyl (C=O) groups is 3. The number of ketones is 2. The van der Waals surface area contributed by atoms with E-state index < -0.39 is 74.6 Å². The van der Waals surface area contributed by atoms with Gasteiger partial charge in [-0.05, 0) is 109 Å². The lowest BCUT2D eigenvalue weighted by atomic mass is 9.48. The molecular weight excluding hydrogens is 907 g/mol. The number of carbonyl (C=O) groups excluding carboxylic acids is 3. The highest BCUT2D eigenvalue weighted by Gasteiger charge is 2.60. The van der Waals surface area contributed by atoms with Crippen molar-refractivity contribution in [1.29, 1.82) is 0 Å². The van der Waals surface area contributed by atoms with Crippen LogP contribution in [0.25, 0.3) is 0 Å². The van der Waals surface area contributed by atoms with Crippen LogP contribution in [0.15, 0.2) is 60.2 Å². The molecule has 3 saturated heterocycles. The molecule has 4 N–H and O–H groups in total. The lowest BCUT2D eigenvalue weighted by Crippen LogP contribution is -2.63. The number of aliphatic hydroxyl groups excluding tert-OH is 2. The first-order valence-electron chi connectivity index (χ1n) is 23.1. The number of methoxy groups -OCH3 is 2. The van der Waals surface area contributed by atoms with Crippen LogP contribution < -0.4 is 23.5 Å². The third-order valence-corrected chi connectivity index (χ3v) is 16.6. The van der Waals surface area contributed by atoms with Gasteiger partial charge in [0.15, 0.2) is 41.4 Å². The molecule has 0 aromatic heterocycles. The number of rotatable bonds is 7. The van der Waals surface area contributed by atoms with Crippen molar-refractivity contribution in [3.05, 3.63) is 76.9 Å². The second-order valence-corrected chi connectivity index (χ2v) is 20.9. The third kappa shape index (κ3) is 7.80.